The Kier molecular flexibility index (Phi) is 8.00. The summed E-state index contributed by atoms with van der Waals surface area (Å²) in [5.74, 6) is 1.56. The molecule has 2 amide bonds. The highest BCUT2D eigenvalue weighted by atomic mass is 16.5. The fourth-order valence-corrected chi connectivity index (χ4v) is 5.10. The average Bonchev–Trinajstić information content (AvgIpc) is 3.42. The number of carbonyl (C=O) groups excluding carboxylic acids is 2. The van der Waals surface area contributed by atoms with E-state index in [0.717, 1.165) is 18.4 Å². The van der Waals surface area contributed by atoms with E-state index in [1.54, 1.807) is 44.8 Å². The van der Waals surface area contributed by atoms with E-state index in [4.69, 9.17) is 9.47 Å². The Morgan fingerprint density at radius 1 is 1.00 bits per heavy atom. The fourth-order valence-electron chi connectivity index (χ4n) is 5.10. The number of aromatic nitrogens is 1. The van der Waals surface area contributed by atoms with Gasteiger partial charge in [-0.3, -0.25) is 19.5 Å². The van der Waals surface area contributed by atoms with Crippen LogP contribution in [0.1, 0.15) is 41.6 Å². The Morgan fingerprint density at radius 2 is 1.68 bits per heavy atom. The van der Waals surface area contributed by atoms with Gasteiger partial charge in [-0.1, -0.05) is 12.8 Å². The van der Waals surface area contributed by atoms with Gasteiger partial charge in [0.25, 0.3) is 5.91 Å². The summed E-state index contributed by atoms with van der Waals surface area (Å²) in [6.07, 6.45) is 8.00. The number of nitrogens with one attached hydrogen (secondary N) is 1. The lowest BCUT2D eigenvalue weighted by atomic mass is 9.94. The molecular weight excluding hydrogens is 432 g/mol. The summed E-state index contributed by atoms with van der Waals surface area (Å²) in [4.78, 5) is 34.6. The van der Waals surface area contributed by atoms with Crippen LogP contribution < -0.4 is 14.8 Å². The van der Waals surface area contributed by atoms with Gasteiger partial charge in [-0.05, 0) is 54.7 Å². The van der Waals surface area contributed by atoms with Crippen LogP contribution in [0, 0.1) is 5.92 Å². The van der Waals surface area contributed by atoms with Gasteiger partial charge in [-0.2, -0.15) is 0 Å². The number of nitrogens with zero attached hydrogens (tertiary/aromatic N) is 3. The number of benzene rings is 1. The molecule has 2 fully saturated rings. The molecule has 1 N–H and O–H groups in total. The van der Waals surface area contributed by atoms with Crippen molar-refractivity contribution in [2.45, 2.75) is 38.3 Å². The lowest BCUT2D eigenvalue weighted by Crippen LogP contribution is -2.57. The third-order valence-electron chi connectivity index (χ3n) is 6.96. The number of rotatable bonds is 8. The van der Waals surface area contributed by atoms with Gasteiger partial charge in [0.05, 0.1) is 20.3 Å². The minimum absolute atomic E-state index is 0.0276. The number of carbonyl (C=O) groups is 2. The predicted molar refractivity (Wildman–Crippen MR) is 129 cm³/mol. The Hall–Kier alpha value is -3.13. The summed E-state index contributed by atoms with van der Waals surface area (Å²) in [7, 11) is 3.14. The van der Waals surface area contributed by atoms with Crippen molar-refractivity contribution < 1.29 is 19.1 Å². The first-order chi connectivity index (χ1) is 16.6. The molecular formula is C26H34N4O4. The van der Waals surface area contributed by atoms with E-state index in [2.05, 4.69) is 15.2 Å². The molecule has 8 nitrogen and oxygen atoms in total. The quantitative estimate of drug-likeness (QED) is 0.644. The van der Waals surface area contributed by atoms with E-state index >= 15 is 0 Å². The molecule has 2 aliphatic rings. The van der Waals surface area contributed by atoms with Crippen molar-refractivity contribution in [3.63, 3.8) is 0 Å². The summed E-state index contributed by atoms with van der Waals surface area (Å²) < 4.78 is 10.6. The second-order valence-electron chi connectivity index (χ2n) is 8.96. The standard InChI is InChI=1S/C26H34N4O4/c1-33-22-8-7-21(17-23(22)34-2)26(32)30-15-13-29(14-16-30)24(20-5-3-4-6-20)25(31)28-18-19-9-11-27-12-10-19/h7-12,17,20,24H,3-6,13-16,18H2,1-2H3,(H,28,31). The highest BCUT2D eigenvalue weighted by Gasteiger charge is 2.37. The smallest absolute Gasteiger partial charge is 0.254 e. The first kappa shape index (κ1) is 24.0. The number of methoxy groups -OCH3 is 2. The maximum absolute atomic E-state index is 13.3. The third-order valence-corrected chi connectivity index (χ3v) is 6.96. The average molecular weight is 467 g/mol. The van der Waals surface area contributed by atoms with Crippen LogP contribution in [0.4, 0.5) is 0 Å². The van der Waals surface area contributed by atoms with Crippen LogP contribution >= 0.6 is 0 Å². The largest absolute Gasteiger partial charge is 0.493 e. The molecule has 8 heteroatoms. The number of hydrogen-bond acceptors (Lipinski definition) is 6. The van der Waals surface area contributed by atoms with Crippen LogP contribution in [0.3, 0.4) is 0 Å². The van der Waals surface area contributed by atoms with E-state index in [1.807, 2.05) is 17.0 Å². The second kappa shape index (κ2) is 11.3. The minimum atomic E-state index is -0.150. The van der Waals surface area contributed by atoms with Crippen LogP contribution in [-0.2, 0) is 11.3 Å². The van der Waals surface area contributed by atoms with Crippen LogP contribution in [0.15, 0.2) is 42.7 Å². The van der Waals surface area contributed by atoms with E-state index in [9.17, 15) is 9.59 Å². The van der Waals surface area contributed by atoms with Crippen molar-refractivity contribution in [1.29, 1.82) is 0 Å². The van der Waals surface area contributed by atoms with Gasteiger partial charge in [0.1, 0.15) is 0 Å². The van der Waals surface area contributed by atoms with Crippen molar-refractivity contribution in [1.82, 2.24) is 20.1 Å². The molecule has 34 heavy (non-hydrogen) atoms. The molecule has 1 unspecified atom stereocenters. The van der Waals surface area contributed by atoms with E-state index in [1.165, 1.54) is 12.8 Å². The number of pyridine rings is 1. The maximum Gasteiger partial charge on any atom is 0.254 e. The highest BCUT2D eigenvalue weighted by Crippen LogP contribution is 2.32. The topological polar surface area (TPSA) is 84.0 Å². The molecule has 0 bridgehead atoms. The normalized spacial score (nSPS) is 17.9. The van der Waals surface area contributed by atoms with Crippen molar-refractivity contribution in [2.24, 2.45) is 5.92 Å². The summed E-state index contributed by atoms with van der Waals surface area (Å²) in [6, 6.07) is 8.94. The monoisotopic (exact) mass is 466 g/mol. The van der Waals surface area contributed by atoms with Gasteiger partial charge >= 0.3 is 0 Å². The van der Waals surface area contributed by atoms with Crippen LogP contribution in [0.2, 0.25) is 0 Å². The zero-order chi connectivity index (χ0) is 23.9. The number of piperazine rings is 1. The fraction of sp³-hybridized carbons (Fsp3) is 0.500. The molecule has 1 aromatic carbocycles. The summed E-state index contributed by atoms with van der Waals surface area (Å²) in [5, 5.41) is 3.14. The molecule has 2 aromatic rings. The molecule has 1 aliphatic carbocycles. The number of amides is 2. The maximum atomic E-state index is 13.3. The van der Waals surface area contributed by atoms with Crippen LogP contribution in [0.5, 0.6) is 11.5 Å². The summed E-state index contributed by atoms with van der Waals surface area (Å²) in [5.41, 5.74) is 1.62. The van der Waals surface area contributed by atoms with E-state index in [-0.39, 0.29) is 17.9 Å². The summed E-state index contributed by atoms with van der Waals surface area (Å²) in [6.45, 7) is 3.05. The van der Waals surface area contributed by atoms with Gasteiger partial charge in [-0.15, -0.1) is 0 Å². The molecule has 1 saturated heterocycles. The predicted octanol–water partition coefficient (Wildman–Crippen LogP) is 2.73. The molecule has 1 saturated carbocycles. The van der Waals surface area contributed by atoms with Crippen LogP contribution in [0.25, 0.3) is 0 Å². The van der Waals surface area contributed by atoms with Gasteiger partial charge in [0.15, 0.2) is 11.5 Å². The third kappa shape index (κ3) is 5.50. The lowest BCUT2D eigenvalue weighted by Gasteiger charge is -2.40. The molecule has 182 valence electrons. The van der Waals surface area contributed by atoms with Crippen molar-refractivity contribution in [3.8, 4) is 11.5 Å². The molecule has 0 spiro atoms. The first-order valence-electron chi connectivity index (χ1n) is 12.0. The Balaban J connectivity index is 1.39. The van der Waals surface area contributed by atoms with Gasteiger partial charge < -0.3 is 19.7 Å². The van der Waals surface area contributed by atoms with Gasteiger partial charge in [0.2, 0.25) is 5.91 Å². The summed E-state index contributed by atoms with van der Waals surface area (Å²) >= 11 is 0. The first-order valence-corrected chi connectivity index (χ1v) is 12.0. The van der Waals surface area contributed by atoms with Gasteiger partial charge in [-0.25, -0.2) is 0 Å². The molecule has 2 heterocycles. The molecule has 1 atom stereocenters. The zero-order valence-electron chi connectivity index (χ0n) is 20.0. The van der Waals surface area contributed by atoms with Crippen molar-refractivity contribution in [3.05, 3.63) is 53.9 Å². The van der Waals surface area contributed by atoms with Crippen molar-refractivity contribution in [2.75, 3.05) is 40.4 Å². The Morgan fingerprint density at radius 3 is 2.32 bits per heavy atom. The lowest BCUT2D eigenvalue weighted by molar-refractivity contribution is -0.129. The number of ether oxygens (including phenoxy) is 2. The van der Waals surface area contributed by atoms with Gasteiger partial charge in [0, 0.05) is 50.7 Å². The Labute approximate surface area is 201 Å². The molecule has 0 radical (unpaired) electrons. The molecule has 1 aromatic heterocycles. The number of hydrogen-bond donors (Lipinski definition) is 1. The van der Waals surface area contributed by atoms with Crippen LogP contribution in [-0.4, -0.2) is 73.0 Å². The second-order valence-corrected chi connectivity index (χ2v) is 8.96. The Bertz CT molecular complexity index is 970. The minimum Gasteiger partial charge on any atom is -0.493 e. The molecule has 4 rings (SSSR count). The molecule has 1 aliphatic heterocycles. The zero-order valence-corrected chi connectivity index (χ0v) is 20.0. The van der Waals surface area contributed by atoms with Crippen molar-refractivity contribution >= 4 is 11.8 Å². The van der Waals surface area contributed by atoms with E-state index < -0.39 is 0 Å². The van der Waals surface area contributed by atoms with E-state index in [0.29, 0.717) is 55.7 Å². The highest BCUT2D eigenvalue weighted by molar-refractivity contribution is 5.95. The SMILES string of the molecule is COc1ccc(C(=O)N2CCN(C(C(=O)NCc3ccncc3)C3CCCC3)CC2)cc1OC.